The van der Waals surface area contributed by atoms with Gasteiger partial charge >= 0.3 is 47.6 Å². The van der Waals surface area contributed by atoms with Gasteiger partial charge in [-0.1, -0.05) is 0 Å². The van der Waals surface area contributed by atoms with E-state index in [1.807, 2.05) is 4.86 Å². The van der Waals surface area contributed by atoms with Crippen molar-refractivity contribution in [1.82, 2.24) is 0 Å². The first-order chi connectivity index (χ1) is 2.91. The van der Waals surface area contributed by atoms with Crippen molar-refractivity contribution in [2.75, 3.05) is 0 Å². The molecule has 0 N–H and O–H groups in total. The van der Waals surface area contributed by atoms with Crippen LogP contribution in [0.15, 0.2) is 10.9 Å². The summed E-state index contributed by atoms with van der Waals surface area (Å²) in [7, 11) is 0. The Morgan fingerprint density at radius 1 is 1.67 bits per heavy atom. The summed E-state index contributed by atoms with van der Waals surface area (Å²) >= 11 is 2.42. The molecule has 0 aliphatic rings. The van der Waals surface area contributed by atoms with Gasteiger partial charge in [-0.05, 0) is 0 Å². The predicted octanol–water partition coefficient (Wildman–Crippen LogP) is 1.47. The van der Waals surface area contributed by atoms with Crippen LogP contribution in [-0.4, -0.2) is 16.9 Å². The van der Waals surface area contributed by atoms with Crippen LogP contribution in [-0.2, 0) is 0 Å². The van der Waals surface area contributed by atoms with Gasteiger partial charge in [0.1, 0.15) is 0 Å². The van der Waals surface area contributed by atoms with Gasteiger partial charge in [-0.2, -0.15) is 0 Å². The molecular formula is C5H9As. The summed E-state index contributed by atoms with van der Waals surface area (Å²) in [6.07, 6.45) is 4.63. The molecule has 0 saturated carbocycles. The van der Waals surface area contributed by atoms with Gasteiger partial charge in [-0.3, -0.25) is 0 Å². The number of hydrogen-bond donors (Lipinski definition) is 0. The van der Waals surface area contributed by atoms with Crippen LogP contribution in [0, 0.1) is 0 Å². The summed E-state index contributed by atoms with van der Waals surface area (Å²) in [5.41, 5.74) is 0. The molecule has 0 aromatic rings. The van der Waals surface area contributed by atoms with Crippen LogP contribution in [0.2, 0.25) is 0 Å². The van der Waals surface area contributed by atoms with Gasteiger partial charge in [0.25, 0.3) is 0 Å². The Labute approximate surface area is 48.1 Å². The van der Waals surface area contributed by atoms with Crippen LogP contribution in [0.4, 0.5) is 0 Å². The van der Waals surface area contributed by atoms with Crippen molar-refractivity contribution < 1.29 is 0 Å². The van der Waals surface area contributed by atoms with Gasteiger partial charge in [0.05, 0.1) is 0 Å². The van der Waals surface area contributed by atoms with Gasteiger partial charge in [-0.25, -0.2) is 0 Å². The molecule has 6 heavy (non-hydrogen) atoms. The molecule has 2 radical (unpaired) electrons. The zero-order valence-electron chi connectivity index (χ0n) is 4.02. The third-order valence-electron chi connectivity index (χ3n) is 0.561. The molecule has 0 amide bonds. The summed E-state index contributed by atoms with van der Waals surface area (Å²) in [4.78, 5) is 2.02. The third kappa shape index (κ3) is 4.30. The molecule has 0 saturated heterocycles. The molecule has 34 valence electrons. The summed E-state index contributed by atoms with van der Waals surface area (Å²) in [5, 5.41) is 0. The van der Waals surface area contributed by atoms with E-state index in [1.54, 1.807) is 0 Å². The van der Waals surface area contributed by atoms with E-state index in [-0.39, 0.29) is 0 Å². The van der Waals surface area contributed by atoms with Crippen molar-refractivity contribution >= 4 is 16.9 Å². The van der Waals surface area contributed by atoms with E-state index in [0.717, 1.165) is 0 Å². The summed E-state index contributed by atoms with van der Waals surface area (Å²) in [6, 6.07) is 0. The molecule has 0 nitrogen and oxygen atoms in total. The van der Waals surface area contributed by atoms with Crippen LogP contribution in [0.25, 0.3) is 0 Å². The average Bonchev–Trinajstić information content (AvgIpc) is 1.61. The Bertz CT molecular complexity index is 39.2. The van der Waals surface area contributed by atoms with Crippen LogP contribution < -0.4 is 0 Å². The number of unbranched alkanes of at least 4 members (excludes halogenated alkanes) is 1. The predicted molar refractivity (Wildman–Crippen MR) is 29.8 cm³/mol. The quantitative estimate of drug-likeness (QED) is 0.515. The van der Waals surface area contributed by atoms with Crippen molar-refractivity contribution in [2.24, 2.45) is 0 Å². The Morgan fingerprint density at radius 3 is 2.50 bits per heavy atom. The molecule has 0 aliphatic carbocycles. The first kappa shape index (κ1) is 6.30. The zero-order valence-corrected chi connectivity index (χ0v) is 5.89. The fourth-order valence-corrected chi connectivity index (χ4v) is 0.554. The second-order valence-electron chi connectivity index (χ2n) is 1.17. The van der Waals surface area contributed by atoms with E-state index >= 15 is 0 Å². The Kier molecular flexibility index (Phi) is 5.56. The zero-order chi connectivity index (χ0) is 4.83. The fraction of sp³-hybridized carbons (Fsp3) is 0.600. The van der Waals surface area contributed by atoms with Gasteiger partial charge in [-0.15, -0.1) is 0 Å². The van der Waals surface area contributed by atoms with Crippen molar-refractivity contribution in [2.45, 2.75) is 19.8 Å². The fourth-order valence-electron chi connectivity index (χ4n) is 0.241. The number of rotatable bonds is 2. The summed E-state index contributed by atoms with van der Waals surface area (Å²) in [5.74, 6) is 0. The molecule has 0 aliphatic heterocycles. The van der Waals surface area contributed by atoms with Gasteiger partial charge in [0, 0.05) is 0 Å². The van der Waals surface area contributed by atoms with E-state index in [2.05, 4.69) is 29.9 Å². The maximum absolute atomic E-state index is 2.42. The topological polar surface area (TPSA) is 0 Å². The number of allylic oxidation sites excluding steroid dienone is 1. The minimum absolute atomic E-state index is 1.22. The van der Waals surface area contributed by atoms with E-state index in [1.165, 1.54) is 12.8 Å². The van der Waals surface area contributed by atoms with Crippen LogP contribution in [0.1, 0.15) is 19.8 Å². The first-order valence-corrected chi connectivity index (χ1v) is 3.29. The molecule has 0 spiro atoms. The normalized spacial score (nSPS) is 10.3. The standard InChI is InChI=1S/C5H9As/c1-2-3-4-5-6/h4-5H,2-3H2,1H3. The van der Waals surface area contributed by atoms with Gasteiger partial charge < -0.3 is 0 Å². The first-order valence-electron chi connectivity index (χ1n) is 2.21. The number of hydrogen-bond acceptors (Lipinski definition) is 0. The Hall–Kier alpha value is 0.298. The SMILES string of the molecule is CCCC=C[As]. The van der Waals surface area contributed by atoms with E-state index in [9.17, 15) is 0 Å². The maximum atomic E-state index is 2.42. The second kappa shape index (κ2) is 5.30. The Morgan fingerprint density at radius 2 is 2.33 bits per heavy atom. The molecule has 0 unspecified atom stereocenters. The molecule has 0 aromatic carbocycles. The third-order valence-corrected chi connectivity index (χ3v) is 1.00. The minimum atomic E-state index is 1.22. The molecule has 0 fully saturated rings. The van der Waals surface area contributed by atoms with Crippen LogP contribution in [0.3, 0.4) is 0 Å². The van der Waals surface area contributed by atoms with E-state index < -0.39 is 0 Å². The van der Waals surface area contributed by atoms with Crippen LogP contribution >= 0.6 is 0 Å². The van der Waals surface area contributed by atoms with Crippen LogP contribution in [0.5, 0.6) is 0 Å². The molecule has 1 heteroatoms. The molecule has 0 aromatic heterocycles. The monoisotopic (exact) mass is 144 g/mol. The molecule has 0 rings (SSSR count). The second-order valence-corrected chi connectivity index (χ2v) is 1.80. The molecular weight excluding hydrogens is 135 g/mol. The van der Waals surface area contributed by atoms with Crippen molar-refractivity contribution in [3.05, 3.63) is 10.9 Å². The van der Waals surface area contributed by atoms with Gasteiger partial charge in [0.15, 0.2) is 0 Å². The summed E-state index contributed by atoms with van der Waals surface area (Å²) < 4.78 is 0. The molecule has 0 heterocycles. The summed E-state index contributed by atoms with van der Waals surface area (Å²) in [6.45, 7) is 2.17. The average molecular weight is 144 g/mol. The van der Waals surface area contributed by atoms with E-state index in [4.69, 9.17) is 0 Å². The van der Waals surface area contributed by atoms with E-state index in [0.29, 0.717) is 0 Å². The molecule has 0 atom stereocenters. The Balaban J connectivity index is 2.66. The van der Waals surface area contributed by atoms with Crippen molar-refractivity contribution in [3.63, 3.8) is 0 Å². The van der Waals surface area contributed by atoms with Gasteiger partial charge in [0.2, 0.25) is 0 Å². The van der Waals surface area contributed by atoms with Crippen molar-refractivity contribution in [3.8, 4) is 0 Å². The molecule has 0 bridgehead atoms. The van der Waals surface area contributed by atoms with Crippen molar-refractivity contribution in [1.29, 1.82) is 0 Å².